The molecule has 26 heavy (non-hydrogen) atoms. The number of rotatable bonds is 8. The Labute approximate surface area is 162 Å². The molecule has 0 radical (unpaired) electrons. The number of esters is 3. The van der Waals surface area contributed by atoms with Gasteiger partial charge in [-0.25, -0.2) is 0 Å². The maximum Gasteiger partial charge on any atom is 0.303 e. The Morgan fingerprint density at radius 3 is 2.27 bits per heavy atom. The summed E-state index contributed by atoms with van der Waals surface area (Å²) in [5, 5.41) is 3.10. The minimum atomic E-state index is -0.919. The van der Waals surface area contributed by atoms with Gasteiger partial charge in [0.05, 0.1) is 4.99 Å². The van der Waals surface area contributed by atoms with Gasteiger partial charge < -0.3 is 24.3 Å². The second-order valence-electron chi connectivity index (χ2n) is 5.68. The summed E-state index contributed by atoms with van der Waals surface area (Å²) < 4.78 is 21.7. The molecular weight excluding hydrogens is 382 g/mol. The van der Waals surface area contributed by atoms with Gasteiger partial charge in [0.1, 0.15) is 24.2 Å². The van der Waals surface area contributed by atoms with Crippen LogP contribution in [0.5, 0.6) is 0 Å². The van der Waals surface area contributed by atoms with Crippen LogP contribution in [-0.2, 0) is 33.3 Å². The first kappa shape index (κ1) is 22.7. The van der Waals surface area contributed by atoms with E-state index in [1.807, 2.05) is 6.92 Å². The highest BCUT2D eigenvalue weighted by Crippen LogP contribution is 2.34. The molecule has 1 saturated heterocycles. The Balaban J connectivity index is 3.13. The fourth-order valence-electron chi connectivity index (χ4n) is 2.61. The lowest BCUT2D eigenvalue weighted by Crippen LogP contribution is -2.51. The number of nitrogens with one attached hydrogen (secondary N) is 1. The van der Waals surface area contributed by atoms with Gasteiger partial charge in [-0.1, -0.05) is 19.1 Å². The predicted octanol–water partition coefficient (Wildman–Crippen LogP) is 1.20. The van der Waals surface area contributed by atoms with E-state index in [-0.39, 0.29) is 12.0 Å². The van der Waals surface area contributed by atoms with Crippen LogP contribution in [0.25, 0.3) is 0 Å². The van der Waals surface area contributed by atoms with E-state index in [0.29, 0.717) is 4.99 Å². The highest BCUT2D eigenvalue weighted by molar-refractivity contribution is 7.99. The van der Waals surface area contributed by atoms with E-state index in [1.54, 1.807) is 6.92 Å². The molecule has 0 saturated carbocycles. The topological polar surface area (TPSA) is 100 Å². The van der Waals surface area contributed by atoms with Crippen molar-refractivity contribution in [2.24, 2.45) is 0 Å². The van der Waals surface area contributed by atoms with Crippen molar-refractivity contribution in [1.82, 2.24) is 5.32 Å². The van der Waals surface area contributed by atoms with Crippen LogP contribution in [0.2, 0.25) is 0 Å². The zero-order valence-corrected chi connectivity index (χ0v) is 17.1. The van der Waals surface area contributed by atoms with E-state index >= 15 is 0 Å². The molecule has 5 atom stereocenters. The zero-order valence-electron chi connectivity index (χ0n) is 15.5. The number of carbonyl (C=O) groups is 3. The maximum atomic E-state index is 11.6. The molecule has 148 valence electrons. The zero-order chi connectivity index (χ0) is 19.9. The monoisotopic (exact) mass is 407 g/mol. The van der Waals surface area contributed by atoms with Crippen LogP contribution in [0.1, 0.15) is 34.6 Å². The summed E-state index contributed by atoms with van der Waals surface area (Å²) in [6, 6.07) is -0.429. The van der Waals surface area contributed by atoms with Gasteiger partial charge in [-0.05, 0) is 12.7 Å². The summed E-state index contributed by atoms with van der Waals surface area (Å²) >= 11 is 6.62. The van der Waals surface area contributed by atoms with Crippen molar-refractivity contribution in [1.29, 1.82) is 0 Å². The lowest BCUT2D eigenvalue weighted by atomic mass is 10.0. The molecule has 8 nitrogen and oxygen atoms in total. The third-order valence-corrected chi connectivity index (χ3v) is 4.58. The van der Waals surface area contributed by atoms with E-state index in [4.69, 9.17) is 31.2 Å². The van der Waals surface area contributed by atoms with E-state index in [1.165, 1.54) is 32.5 Å². The van der Waals surface area contributed by atoms with Gasteiger partial charge in [0.2, 0.25) is 0 Å². The number of thioether (sulfide) groups is 1. The first-order chi connectivity index (χ1) is 12.1. The average Bonchev–Trinajstić information content (AvgIpc) is 2.80. The predicted molar refractivity (Wildman–Crippen MR) is 99.7 cm³/mol. The number of hydrogen-bond acceptors (Lipinski definition) is 9. The van der Waals surface area contributed by atoms with Crippen molar-refractivity contribution in [3.63, 3.8) is 0 Å². The van der Waals surface area contributed by atoms with Crippen LogP contribution in [0.3, 0.4) is 0 Å². The van der Waals surface area contributed by atoms with Gasteiger partial charge in [0.25, 0.3) is 0 Å². The Hall–Kier alpha value is -1.39. The maximum absolute atomic E-state index is 11.6. The SMILES string of the molecule is CCS[C@@H]1O[C@@H]([C@@H](COC(C)=O)OC(C)=O)[C@@H](OC(C)=O)[C@@H]1NC(C)=S. The molecule has 0 spiro atoms. The van der Waals surface area contributed by atoms with Crippen molar-refractivity contribution >= 4 is 46.9 Å². The van der Waals surface area contributed by atoms with Gasteiger partial charge >= 0.3 is 17.9 Å². The number of hydrogen-bond donors (Lipinski definition) is 1. The van der Waals surface area contributed by atoms with Crippen LogP contribution < -0.4 is 5.32 Å². The Bertz CT molecular complexity index is 543. The standard InChI is InChI=1S/C16H25NO7S2/c1-6-26-16-13(17-8(2)25)15(23-11(5)20)14(24-16)12(22-10(4)19)7-21-9(3)18/h12-16H,6-7H2,1-5H3,(H,17,25)/t12-,13+,14+,15+,16+/m1/s1. The number of ether oxygens (including phenoxy) is 4. The van der Waals surface area contributed by atoms with Crippen LogP contribution in [0.15, 0.2) is 0 Å². The molecule has 1 fully saturated rings. The lowest BCUT2D eigenvalue weighted by Gasteiger charge is -2.28. The molecule has 0 unspecified atom stereocenters. The van der Waals surface area contributed by atoms with Crippen LogP contribution >= 0.6 is 24.0 Å². The summed E-state index contributed by atoms with van der Waals surface area (Å²) in [5.74, 6) is -0.836. The Morgan fingerprint density at radius 2 is 1.81 bits per heavy atom. The minimum Gasteiger partial charge on any atom is -0.462 e. The Morgan fingerprint density at radius 1 is 1.15 bits per heavy atom. The highest BCUT2D eigenvalue weighted by Gasteiger charge is 2.51. The lowest BCUT2D eigenvalue weighted by molar-refractivity contribution is -0.173. The van der Waals surface area contributed by atoms with Gasteiger partial charge in [-0.2, -0.15) is 0 Å². The molecule has 1 heterocycles. The van der Waals surface area contributed by atoms with Crippen molar-refractivity contribution < 1.29 is 33.3 Å². The molecular formula is C16H25NO7S2. The molecule has 0 aromatic rings. The summed E-state index contributed by atoms with van der Waals surface area (Å²) in [6.45, 7) is 7.25. The summed E-state index contributed by atoms with van der Waals surface area (Å²) in [4.78, 5) is 34.8. The number of carbonyl (C=O) groups excluding carboxylic acids is 3. The third-order valence-electron chi connectivity index (χ3n) is 3.40. The van der Waals surface area contributed by atoms with Crippen LogP contribution in [-0.4, -0.2) is 65.0 Å². The first-order valence-electron chi connectivity index (χ1n) is 8.17. The van der Waals surface area contributed by atoms with E-state index in [9.17, 15) is 14.4 Å². The largest absolute Gasteiger partial charge is 0.462 e. The van der Waals surface area contributed by atoms with Gasteiger partial charge in [-0.3, -0.25) is 14.4 Å². The van der Waals surface area contributed by atoms with Crippen LogP contribution in [0.4, 0.5) is 0 Å². The molecule has 0 aliphatic carbocycles. The summed E-state index contributed by atoms with van der Waals surface area (Å²) in [6.07, 6.45) is -2.50. The van der Waals surface area contributed by atoms with E-state index < -0.39 is 42.3 Å². The fraction of sp³-hybridized carbons (Fsp3) is 0.750. The van der Waals surface area contributed by atoms with Gasteiger partial charge in [0, 0.05) is 20.8 Å². The minimum absolute atomic E-state index is 0.204. The second kappa shape index (κ2) is 10.7. The third kappa shape index (κ3) is 7.08. The molecule has 0 bridgehead atoms. The summed E-state index contributed by atoms with van der Waals surface area (Å²) in [7, 11) is 0. The van der Waals surface area contributed by atoms with Crippen LogP contribution in [0, 0.1) is 0 Å². The smallest absolute Gasteiger partial charge is 0.303 e. The molecule has 10 heteroatoms. The molecule has 0 aromatic heterocycles. The molecule has 1 aliphatic heterocycles. The molecule has 0 aromatic carbocycles. The quantitative estimate of drug-likeness (QED) is 0.359. The molecule has 1 N–H and O–H groups in total. The average molecular weight is 408 g/mol. The number of thiocarbonyl (C=S) groups is 1. The van der Waals surface area contributed by atoms with Crippen molar-refractivity contribution in [3.8, 4) is 0 Å². The Kier molecular flexibility index (Phi) is 9.31. The molecule has 0 amide bonds. The van der Waals surface area contributed by atoms with Gasteiger partial charge in [-0.15, -0.1) is 11.8 Å². The highest BCUT2D eigenvalue weighted by atomic mass is 32.2. The van der Waals surface area contributed by atoms with Crippen molar-refractivity contribution in [2.75, 3.05) is 12.4 Å². The fourth-order valence-corrected chi connectivity index (χ4v) is 3.71. The summed E-state index contributed by atoms with van der Waals surface area (Å²) in [5.41, 5.74) is -0.386. The molecule has 1 rings (SSSR count). The van der Waals surface area contributed by atoms with Gasteiger partial charge in [0.15, 0.2) is 12.2 Å². The van der Waals surface area contributed by atoms with E-state index in [0.717, 1.165) is 5.75 Å². The second-order valence-corrected chi connectivity index (χ2v) is 7.66. The van der Waals surface area contributed by atoms with Crippen molar-refractivity contribution in [3.05, 3.63) is 0 Å². The van der Waals surface area contributed by atoms with Crippen molar-refractivity contribution in [2.45, 2.75) is 64.4 Å². The molecule has 1 aliphatic rings. The first-order valence-corrected chi connectivity index (χ1v) is 9.63. The normalized spacial score (nSPS) is 25.9. The van der Waals surface area contributed by atoms with E-state index in [2.05, 4.69) is 5.32 Å².